The zero-order chi connectivity index (χ0) is 18.4. The van der Waals surface area contributed by atoms with Crippen LogP contribution >= 0.6 is 0 Å². The summed E-state index contributed by atoms with van der Waals surface area (Å²) >= 11 is 0. The van der Waals surface area contributed by atoms with Gasteiger partial charge >= 0.3 is 6.03 Å². The minimum atomic E-state index is -0.132. The zero-order valence-corrected chi connectivity index (χ0v) is 15.3. The molecule has 0 aliphatic carbocycles. The Balaban J connectivity index is 1.69. The molecule has 2 amide bonds. The van der Waals surface area contributed by atoms with Crippen molar-refractivity contribution in [2.75, 3.05) is 45.7 Å². The molecule has 0 spiro atoms. The molecule has 6 heteroatoms. The minimum absolute atomic E-state index is 0.132. The molecule has 0 bridgehead atoms. The highest BCUT2D eigenvalue weighted by Gasteiger charge is 2.17. The van der Waals surface area contributed by atoms with Crippen LogP contribution in [0.25, 0.3) is 0 Å². The molecule has 0 aromatic heterocycles. The van der Waals surface area contributed by atoms with Crippen molar-refractivity contribution >= 4 is 11.7 Å². The fourth-order valence-electron chi connectivity index (χ4n) is 2.70. The lowest BCUT2D eigenvalue weighted by molar-refractivity contribution is 0.171. The van der Waals surface area contributed by atoms with Crippen LogP contribution in [-0.2, 0) is 6.54 Å². The highest BCUT2D eigenvalue weighted by molar-refractivity contribution is 5.89. The van der Waals surface area contributed by atoms with Gasteiger partial charge in [-0.3, -0.25) is 0 Å². The molecule has 26 heavy (non-hydrogen) atoms. The highest BCUT2D eigenvalue weighted by atomic mass is 16.6. The summed E-state index contributed by atoms with van der Waals surface area (Å²) in [6.45, 7) is 3.06. The van der Waals surface area contributed by atoms with E-state index in [0.717, 1.165) is 12.1 Å². The van der Waals surface area contributed by atoms with E-state index in [0.29, 0.717) is 43.5 Å². The Bertz CT molecular complexity index is 734. The van der Waals surface area contributed by atoms with Crippen LogP contribution in [0.2, 0.25) is 0 Å². The second-order valence-corrected chi connectivity index (χ2v) is 6.50. The third-order valence-corrected chi connectivity index (χ3v) is 4.11. The Morgan fingerprint density at radius 3 is 2.46 bits per heavy atom. The molecule has 0 saturated carbocycles. The normalized spacial score (nSPS) is 12.7. The van der Waals surface area contributed by atoms with Gasteiger partial charge in [-0.25, -0.2) is 4.79 Å². The minimum Gasteiger partial charge on any atom is -0.486 e. The summed E-state index contributed by atoms with van der Waals surface area (Å²) in [5.74, 6) is 1.37. The lowest BCUT2D eigenvalue weighted by atomic mass is 10.2. The summed E-state index contributed by atoms with van der Waals surface area (Å²) in [7, 11) is 4.00. The summed E-state index contributed by atoms with van der Waals surface area (Å²) in [4.78, 5) is 16.7. The van der Waals surface area contributed by atoms with Gasteiger partial charge in [0.25, 0.3) is 0 Å². The molecule has 1 heterocycles. The van der Waals surface area contributed by atoms with E-state index in [2.05, 4.69) is 10.2 Å². The maximum absolute atomic E-state index is 12.8. The van der Waals surface area contributed by atoms with Crippen LogP contribution in [0.3, 0.4) is 0 Å². The van der Waals surface area contributed by atoms with Gasteiger partial charge in [0.2, 0.25) is 0 Å². The van der Waals surface area contributed by atoms with Gasteiger partial charge in [0.1, 0.15) is 13.2 Å². The summed E-state index contributed by atoms with van der Waals surface area (Å²) in [6.07, 6.45) is 0. The molecule has 1 N–H and O–H groups in total. The van der Waals surface area contributed by atoms with E-state index in [1.807, 2.05) is 61.5 Å². The standard InChI is InChI=1S/C20H25N3O3/c1-22(2)10-11-23(15-16-6-4-3-5-7-16)20(24)21-17-8-9-18-19(14-17)26-13-12-25-18/h3-9,14H,10-13,15H2,1-2H3,(H,21,24). The summed E-state index contributed by atoms with van der Waals surface area (Å²) < 4.78 is 11.1. The Morgan fingerprint density at radius 1 is 1.00 bits per heavy atom. The van der Waals surface area contributed by atoms with Crippen LogP contribution in [0.5, 0.6) is 11.5 Å². The van der Waals surface area contributed by atoms with Gasteiger partial charge in [-0.2, -0.15) is 0 Å². The summed E-state index contributed by atoms with van der Waals surface area (Å²) in [6, 6.07) is 15.3. The van der Waals surface area contributed by atoms with Gasteiger partial charge in [0, 0.05) is 31.4 Å². The topological polar surface area (TPSA) is 54.0 Å². The number of ether oxygens (including phenoxy) is 2. The molecule has 0 saturated heterocycles. The second-order valence-electron chi connectivity index (χ2n) is 6.50. The predicted octanol–water partition coefficient (Wildman–Crippen LogP) is 3.05. The van der Waals surface area contributed by atoms with Gasteiger partial charge in [-0.15, -0.1) is 0 Å². The van der Waals surface area contributed by atoms with E-state index in [1.165, 1.54) is 0 Å². The first-order chi connectivity index (χ1) is 12.6. The summed E-state index contributed by atoms with van der Waals surface area (Å²) in [5, 5.41) is 2.97. The van der Waals surface area contributed by atoms with Crippen molar-refractivity contribution in [3.8, 4) is 11.5 Å². The number of urea groups is 1. The van der Waals surface area contributed by atoms with Gasteiger partial charge < -0.3 is 24.6 Å². The van der Waals surface area contributed by atoms with Gasteiger partial charge in [0.15, 0.2) is 11.5 Å². The first-order valence-electron chi connectivity index (χ1n) is 8.76. The molecule has 2 aromatic carbocycles. The number of hydrogen-bond donors (Lipinski definition) is 1. The van der Waals surface area contributed by atoms with Crippen LogP contribution < -0.4 is 14.8 Å². The Hall–Kier alpha value is -2.73. The number of rotatable bonds is 6. The van der Waals surface area contributed by atoms with E-state index >= 15 is 0 Å². The lowest BCUT2D eigenvalue weighted by Gasteiger charge is -2.25. The van der Waals surface area contributed by atoms with Crippen molar-refractivity contribution in [1.29, 1.82) is 0 Å². The number of anilines is 1. The monoisotopic (exact) mass is 355 g/mol. The third kappa shape index (κ3) is 4.89. The predicted molar refractivity (Wildman–Crippen MR) is 102 cm³/mol. The number of carbonyl (C=O) groups is 1. The molecule has 0 atom stereocenters. The zero-order valence-electron chi connectivity index (χ0n) is 15.3. The summed E-state index contributed by atoms with van der Waals surface area (Å²) in [5.41, 5.74) is 1.80. The Kier molecular flexibility index (Phi) is 5.96. The lowest BCUT2D eigenvalue weighted by Crippen LogP contribution is -2.39. The van der Waals surface area contributed by atoms with E-state index in [-0.39, 0.29) is 6.03 Å². The molecule has 2 aromatic rings. The molecule has 138 valence electrons. The maximum Gasteiger partial charge on any atom is 0.322 e. The third-order valence-electron chi connectivity index (χ3n) is 4.11. The molecular weight excluding hydrogens is 330 g/mol. The van der Waals surface area contributed by atoms with Crippen molar-refractivity contribution in [2.45, 2.75) is 6.54 Å². The number of benzene rings is 2. The smallest absolute Gasteiger partial charge is 0.322 e. The first kappa shape index (κ1) is 18.1. The van der Waals surface area contributed by atoms with Crippen molar-refractivity contribution in [1.82, 2.24) is 9.80 Å². The van der Waals surface area contributed by atoms with Crippen molar-refractivity contribution in [3.63, 3.8) is 0 Å². The Morgan fingerprint density at radius 2 is 1.73 bits per heavy atom. The number of amides is 2. The van der Waals surface area contributed by atoms with Gasteiger partial charge in [-0.1, -0.05) is 30.3 Å². The number of likely N-dealkylation sites (N-methyl/N-ethyl adjacent to an activating group) is 1. The fourth-order valence-corrected chi connectivity index (χ4v) is 2.70. The molecule has 3 rings (SSSR count). The Labute approximate surface area is 154 Å². The van der Waals surface area contributed by atoms with Crippen LogP contribution in [0.1, 0.15) is 5.56 Å². The second kappa shape index (κ2) is 8.58. The molecule has 1 aliphatic rings. The van der Waals surface area contributed by atoms with Crippen LogP contribution in [0.15, 0.2) is 48.5 Å². The SMILES string of the molecule is CN(C)CCN(Cc1ccccc1)C(=O)Nc1ccc2c(c1)OCCO2. The van der Waals surface area contributed by atoms with Crippen LogP contribution in [0.4, 0.5) is 10.5 Å². The molecule has 1 aliphatic heterocycles. The highest BCUT2D eigenvalue weighted by Crippen LogP contribution is 2.32. The number of carbonyl (C=O) groups excluding carboxylic acids is 1. The average Bonchev–Trinajstić information content (AvgIpc) is 2.65. The number of hydrogen-bond acceptors (Lipinski definition) is 4. The van der Waals surface area contributed by atoms with E-state index < -0.39 is 0 Å². The van der Waals surface area contributed by atoms with Gasteiger partial charge in [-0.05, 0) is 31.8 Å². The van der Waals surface area contributed by atoms with Crippen molar-refractivity contribution in [3.05, 3.63) is 54.1 Å². The number of fused-ring (bicyclic) bond motifs is 1. The van der Waals surface area contributed by atoms with E-state index in [4.69, 9.17) is 9.47 Å². The van der Waals surface area contributed by atoms with Crippen LogP contribution in [0, 0.1) is 0 Å². The van der Waals surface area contributed by atoms with E-state index in [9.17, 15) is 4.79 Å². The first-order valence-corrected chi connectivity index (χ1v) is 8.76. The molecule has 0 fully saturated rings. The number of nitrogens with zero attached hydrogens (tertiary/aromatic N) is 2. The molecule has 0 unspecified atom stereocenters. The van der Waals surface area contributed by atoms with Crippen molar-refractivity contribution in [2.24, 2.45) is 0 Å². The molecule has 6 nitrogen and oxygen atoms in total. The van der Waals surface area contributed by atoms with Crippen molar-refractivity contribution < 1.29 is 14.3 Å². The van der Waals surface area contributed by atoms with Gasteiger partial charge in [0.05, 0.1) is 0 Å². The average molecular weight is 355 g/mol. The quantitative estimate of drug-likeness (QED) is 0.865. The maximum atomic E-state index is 12.8. The number of nitrogens with one attached hydrogen (secondary N) is 1. The van der Waals surface area contributed by atoms with E-state index in [1.54, 1.807) is 6.07 Å². The van der Waals surface area contributed by atoms with Crippen LogP contribution in [-0.4, -0.2) is 56.2 Å². The molecular formula is C20H25N3O3. The molecule has 0 radical (unpaired) electrons. The largest absolute Gasteiger partial charge is 0.486 e. The fraction of sp³-hybridized carbons (Fsp3) is 0.350.